The van der Waals surface area contributed by atoms with E-state index in [0.29, 0.717) is 12.8 Å². The minimum atomic E-state index is -5.01. The van der Waals surface area contributed by atoms with Gasteiger partial charge in [-0.25, -0.2) is 0 Å². The van der Waals surface area contributed by atoms with Gasteiger partial charge in [0.15, 0.2) is 0 Å². The summed E-state index contributed by atoms with van der Waals surface area (Å²) in [5.41, 5.74) is 1.84. The zero-order valence-electron chi connectivity index (χ0n) is 11.6. The summed E-state index contributed by atoms with van der Waals surface area (Å²) in [5.74, 6) is 0. The van der Waals surface area contributed by atoms with E-state index in [1.807, 2.05) is 30.3 Å². The normalized spacial score (nSPS) is 18.0. The minimum Gasteiger partial charge on any atom is -0.284 e. The van der Waals surface area contributed by atoms with Gasteiger partial charge in [0.25, 0.3) is 20.2 Å². The minimum absolute atomic E-state index is 0.523. The van der Waals surface area contributed by atoms with Crippen molar-refractivity contribution in [2.75, 3.05) is 0 Å². The average Bonchev–Trinajstić information content (AvgIpc) is 2.44. The molecule has 0 atom stereocenters. The predicted molar refractivity (Wildman–Crippen MR) is 82.4 cm³/mol. The van der Waals surface area contributed by atoms with E-state index in [1.165, 1.54) is 12.2 Å². The Bertz CT molecular complexity index is 772. The molecule has 6 nitrogen and oxygen atoms in total. The summed E-state index contributed by atoms with van der Waals surface area (Å²) in [5, 5.41) is 0. The highest BCUT2D eigenvalue weighted by molar-refractivity contribution is 8.05. The molecule has 2 N–H and O–H groups in total. The highest BCUT2D eigenvalue weighted by Crippen LogP contribution is 2.34. The highest BCUT2D eigenvalue weighted by Gasteiger charge is 2.52. The van der Waals surface area contributed by atoms with E-state index in [-0.39, 0.29) is 0 Å². The summed E-state index contributed by atoms with van der Waals surface area (Å²) in [7, 11) is -10.0. The second-order valence-electron chi connectivity index (χ2n) is 5.06. The van der Waals surface area contributed by atoms with E-state index in [1.54, 1.807) is 0 Å². The number of aryl methyl sites for hydroxylation is 1. The van der Waals surface area contributed by atoms with Gasteiger partial charge in [0.05, 0.1) is 0 Å². The summed E-state index contributed by atoms with van der Waals surface area (Å²) < 4.78 is 61.1. The third kappa shape index (κ3) is 3.30. The first-order chi connectivity index (χ1) is 10.2. The highest BCUT2D eigenvalue weighted by atomic mass is 32.3. The average molecular weight is 344 g/mol. The second-order valence-corrected chi connectivity index (χ2v) is 8.68. The van der Waals surface area contributed by atoms with Crippen LogP contribution in [0.25, 0.3) is 0 Å². The molecule has 0 amide bonds. The van der Waals surface area contributed by atoms with Gasteiger partial charge in [-0.1, -0.05) is 48.1 Å². The predicted octanol–water partition coefficient (Wildman–Crippen LogP) is 1.98. The number of rotatable bonds is 5. The Morgan fingerprint density at radius 2 is 1.55 bits per heavy atom. The number of allylic oxidation sites excluding steroid dienone is 3. The van der Waals surface area contributed by atoms with Crippen LogP contribution in [0.15, 0.2) is 54.1 Å². The van der Waals surface area contributed by atoms with Gasteiger partial charge < -0.3 is 0 Å². The molecule has 0 saturated carbocycles. The molecule has 1 aromatic rings. The summed E-state index contributed by atoms with van der Waals surface area (Å²) >= 11 is 0. The van der Waals surface area contributed by atoms with Gasteiger partial charge in [0, 0.05) is 6.42 Å². The third-order valence-corrected chi connectivity index (χ3v) is 7.23. The van der Waals surface area contributed by atoms with Crippen molar-refractivity contribution < 1.29 is 25.9 Å². The molecule has 1 aromatic carbocycles. The van der Waals surface area contributed by atoms with Crippen LogP contribution in [0.3, 0.4) is 0 Å². The summed E-state index contributed by atoms with van der Waals surface area (Å²) in [4.78, 5) is 0. The first kappa shape index (κ1) is 16.9. The first-order valence-corrected chi connectivity index (χ1v) is 9.40. The van der Waals surface area contributed by atoms with Crippen LogP contribution in [0.2, 0.25) is 0 Å². The maximum atomic E-state index is 11.4. The van der Waals surface area contributed by atoms with Crippen LogP contribution in [-0.2, 0) is 26.7 Å². The van der Waals surface area contributed by atoms with Gasteiger partial charge >= 0.3 is 0 Å². The van der Waals surface area contributed by atoms with Crippen LogP contribution in [0.1, 0.15) is 18.4 Å². The lowest BCUT2D eigenvalue weighted by molar-refractivity contribution is 0.437. The van der Waals surface area contributed by atoms with Crippen molar-refractivity contribution in [1.82, 2.24) is 0 Å². The molecule has 2 rings (SSSR count). The van der Waals surface area contributed by atoms with Crippen molar-refractivity contribution in [3.63, 3.8) is 0 Å². The number of hydrogen-bond donors (Lipinski definition) is 2. The largest absolute Gasteiger partial charge is 0.291 e. The lowest BCUT2D eigenvalue weighted by atomic mass is 9.99. The van der Waals surface area contributed by atoms with Gasteiger partial charge in [-0.15, -0.1) is 0 Å². The summed E-state index contributed by atoms with van der Waals surface area (Å²) in [6.07, 6.45) is 4.33. The summed E-state index contributed by atoms with van der Waals surface area (Å²) in [6.45, 7) is 0. The molecule has 0 saturated heterocycles. The molecule has 0 spiro atoms. The van der Waals surface area contributed by atoms with E-state index >= 15 is 0 Å². The van der Waals surface area contributed by atoms with E-state index in [0.717, 1.165) is 17.2 Å². The third-order valence-electron chi connectivity index (χ3n) is 3.62. The fourth-order valence-electron chi connectivity index (χ4n) is 2.28. The van der Waals surface area contributed by atoms with Crippen LogP contribution < -0.4 is 0 Å². The van der Waals surface area contributed by atoms with Crippen LogP contribution in [0.5, 0.6) is 0 Å². The zero-order chi connectivity index (χ0) is 16.4. The molecule has 8 heteroatoms. The van der Waals surface area contributed by atoms with Crippen LogP contribution >= 0.6 is 0 Å². The molecule has 0 fully saturated rings. The van der Waals surface area contributed by atoms with E-state index < -0.39 is 30.7 Å². The van der Waals surface area contributed by atoms with Gasteiger partial charge in [0.2, 0.25) is 4.08 Å². The molecule has 22 heavy (non-hydrogen) atoms. The molecule has 1 aliphatic carbocycles. The van der Waals surface area contributed by atoms with Gasteiger partial charge in [0.1, 0.15) is 0 Å². The Balaban J connectivity index is 2.17. The van der Waals surface area contributed by atoms with E-state index in [4.69, 9.17) is 0 Å². The van der Waals surface area contributed by atoms with E-state index in [9.17, 15) is 25.9 Å². The molecule has 0 heterocycles. The fraction of sp³-hybridized carbons (Fsp3) is 0.286. The Labute approximate surface area is 129 Å². The summed E-state index contributed by atoms with van der Waals surface area (Å²) in [6, 6.07) is 9.61. The lowest BCUT2D eigenvalue weighted by Crippen LogP contribution is -2.44. The van der Waals surface area contributed by atoms with Gasteiger partial charge in [-0.2, -0.15) is 16.8 Å². The first-order valence-electron chi connectivity index (χ1n) is 6.52. The Hall–Kier alpha value is -1.48. The van der Waals surface area contributed by atoms with Crippen molar-refractivity contribution in [3.05, 3.63) is 59.7 Å². The Morgan fingerprint density at radius 3 is 2.00 bits per heavy atom. The molecule has 0 aromatic heterocycles. The van der Waals surface area contributed by atoms with Gasteiger partial charge in [-0.3, -0.25) is 9.11 Å². The van der Waals surface area contributed by atoms with Crippen molar-refractivity contribution in [3.8, 4) is 0 Å². The van der Waals surface area contributed by atoms with Crippen LogP contribution in [0, 0.1) is 0 Å². The fourth-order valence-corrected chi connectivity index (χ4v) is 4.41. The number of benzene rings is 1. The molecule has 120 valence electrons. The smallest absolute Gasteiger partial charge is 0.284 e. The molecule has 1 aliphatic rings. The monoisotopic (exact) mass is 344 g/mol. The maximum Gasteiger partial charge on any atom is 0.291 e. The SMILES string of the molecule is O=S(=O)(O)C1(S(=O)(=O)O)C=CC(CCc2ccccc2)=CC1. The topological polar surface area (TPSA) is 109 Å². The molecule has 0 aliphatic heterocycles. The molecule has 0 radical (unpaired) electrons. The Morgan fingerprint density at radius 1 is 0.955 bits per heavy atom. The lowest BCUT2D eigenvalue weighted by Gasteiger charge is -2.25. The quantitative estimate of drug-likeness (QED) is 0.791. The molecule has 0 bridgehead atoms. The van der Waals surface area contributed by atoms with Gasteiger partial charge in [-0.05, 0) is 24.5 Å². The number of hydrogen-bond acceptors (Lipinski definition) is 4. The van der Waals surface area contributed by atoms with E-state index in [2.05, 4.69) is 0 Å². The van der Waals surface area contributed by atoms with Crippen molar-refractivity contribution in [2.24, 2.45) is 0 Å². The standard InChI is InChI=1S/C14H16O6S2/c15-21(16,17)14(22(18,19)20)10-8-13(9-11-14)7-6-12-4-2-1-3-5-12/h1-5,8-10H,6-7,11H2,(H,15,16,17)(H,18,19,20). The maximum absolute atomic E-state index is 11.4. The van der Waals surface area contributed by atoms with Crippen molar-refractivity contribution in [1.29, 1.82) is 0 Å². The molecular weight excluding hydrogens is 328 g/mol. The van der Waals surface area contributed by atoms with Crippen LogP contribution in [-0.4, -0.2) is 30.0 Å². The van der Waals surface area contributed by atoms with Crippen LogP contribution in [0.4, 0.5) is 0 Å². The Kier molecular flexibility index (Phi) is 4.57. The molecular formula is C14H16O6S2. The van der Waals surface area contributed by atoms with Crippen molar-refractivity contribution in [2.45, 2.75) is 23.3 Å². The zero-order valence-corrected chi connectivity index (χ0v) is 13.2. The van der Waals surface area contributed by atoms with Crippen molar-refractivity contribution >= 4 is 20.2 Å². The molecule has 0 unspecified atom stereocenters. The second kappa shape index (κ2) is 5.96.